The molecule has 0 atom stereocenters. The average Bonchev–Trinajstić information content (AvgIpc) is 2.04. The van der Waals surface area contributed by atoms with Gasteiger partial charge in [-0.05, 0) is 12.1 Å². The van der Waals surface area contributed by atoms with Crippen LogP contribution in [0, 0.1) is 0 Å². The number of aromatic nitrogens is 1. The second kappa shape index (κ2) is 2.98. The van der Waals surface area contributed by atoms with E-state index in [0.29, 0.717) is 5.82 Å². The van der Waals surface area contributed by atoms with Crippen LogP contribution >= 0.6 is 0 Å². The van der Waals surface area contributed by atoms with Gasteiger partial charge in [-0.1, -0.05) is 12.7 Å². The van der Waals surface area contributed by atoms with Crippen molar-refractivity contribution >= 4 is 11.9 Å². The van der Waals surface area contributed by atoms with Gasteiger partial charge in [0.05, 0.1) is 0 Å². The smallest absolute Gasteiger partial charge is 0.147 e. The summed E-state index contributed by atoms with van der Waals surface area (Å²) < 4.78 is 0. The Morgan fingerprint density at radius 3 is 3.00 bits per heavy atom. The van der Waals surface area contributed by atoms with Gasteiger partial charge in [0.25, 0.3) is 0 Å². The minimum Gasteiger partial charge on any atom is -0.308 e. The summed E-state index contributed by atoms with van der Waals surface area (Å²) in [6.45, 7) is 3.60. The number of nitrogens with zero attached hydrogens (tertiary/aromatic N) is 1. The molecule has 3 nitrogen and oxygen atoms in total. The SMILES string of the molecule is C=Cc1cccnc1NN. The molecule has 0 radical (unpaired) electrons. The Morgan fingerprint density at radius 2 is 2.50 bits per heavy atom. The standard InChI is InChI=1S/C7H9N3/c1-2-6-4-3-5-9-7(6)10-8/h2-5H,1,8H2,(H,9,10). The quantitative estimate of drug-likeness (QED) is 0.470. The van der Waals surface area contributed by atoms with E-state index in [1.165, 1.54) is 0 Å². The van der Waals surface area contributed by atoms with Crippen LogP contribution in [0.2, 0.25) is 0 Å². The number of hydrogen-bond donors (Lipinski definition) is 2. The number of hydrogen-bond acceptors (Lipinski definition) is 3. The van der Waals surface area contributed by atoms with Crippen LogP contribution in [0.4, 0.5) is 5.82 Å². The molecule has 0 aromatic carbocycles. The molecule has 1 aromatic heterocycles. The maximum Gasteiger partial charge on any atom is 0.147 e. The monoisotopic (exact) mass is 135 g/mol. The molecule has 0 aliphatic rings. The predicted octanol–water partition coefficient (Wildman–Crippen LogP) is 1.01. The second-order valence-corrected chi connectivity index (χ2v) is 1.79. The number of nitrogen functional groups attached to an aromatic ring is 1. The zero-order valence-electron chi connectivity index (χ0n) is 5.54. The Bertz CT molecular complexity index is 232. The number of anilines is 1. The molecule has 1 aromatic rings. The molecular weight excluding hydrogens is 126 g/mol. The lowest BCUT2D eigenvalue weighted by molar-refractivity contribution is 1.22. The van der Waals surface area contributed by atoms with E-state index in [4.69, 9.17) is 5.84 Å². The fraction of sp³-hybridized carbons (Fsp3) is 0. The van der Waals surface area contributed by atoms with Gasteiger partial charge >= 0.3 is 0 Å². The third-order valence-corrected chi connectivity index (χ3v) is 1.20. The molecule has 3 heteroatoms. The van der Waals surface area contributed by atoms with Gasteiger partial charge in [0.2, 0.25) is 0 Å². The Balaban J connectivity index is 3.08. The molecule has 0 saturated carbocycles. The predicted molar refractivity (Wildman–Crippen MR) is 42.1 cm³/mol. The number of nitrogens with two attached hydrogens (primary N) is 1. The Hall–Kier alpha value is -1.35. The summed E-state index contributed by atoms with van der Waals surface area (Å²) in [6, 6.07) is 3.72. The number of hydrazine groups is 1. The second-order valence-electron chi connectivity index (χ2n) is 1.79. The van der Waals surface area contributed by atoms with Gasteiger partial charge < -0.3 is 5.43 Å². The molecule has 3 N–H and O–H groups in total. The fourth-order valence-corrected chi connectivity index (χ4v) is 0.703. The van der Waals surface area contributed by atoms with E-state index < -0.39 is 0 Å². The van der Waals surface area contributed by atoms with Crippen LogP contribution < -0.4 is 11.3 Å². The van der Waals surface area contributed by atoms with Gasteiger partial charge in [-0.2, -0.15) is 0 Å². The summed E-state index contributed by atoms with van der Waals surface area (Å²) in [5.41, 5.74) is 3.37. The molecule has 0 bridgehead atoms. The highest BCUT2D eigenvalue weighted by Crippen LogP contribution is 2.09. The molecule has 0 fully saturated rings. The van der Waals surface area contributed by atoms with Crippen LogP contribution in [0.1, 0.15) is 5.56 Å². The third-order valence-electron chi connectivity index (χ3n) is 1.20. The van der Waals surface area contributed by atoms with Crippen molar-refractivity contribution < 1.29 is 0 Å². The highest BCUT2D eigenvalue weighted by molar-refractivity contribution is 5.60. The largest absolute Gasteiger partial charge is 0.308 e. The lowest BCUT2D eigenvalue weighted by Gasteiger charge is -2.00. The summed E-state index contributed by atoms with van der Waals surface area (Å²) in [5, 5.41) is 0. The topological polar surface area (TPSA) is 50.9 Å². The summed E-state index contributed by atoms with van der Waals surface area (Å²) in [5.74, 6) is 5.82. The molecule has 0 aliphatic heterocycles. The third kappa shape index (κ3) is 1.14. The highest BCUT2D eigenvalue weighted by Gasteiger charge is 1.93. The Morgan fingerprint density at radius 1 is 1.70 bits per heavy atom. The molecule has 1 heterocycles. The van der Waals surface area contributed by atoms with Crippen LogP contribution in [-0.2, 0) is 0 Å². The van der Waals surface area contributed by atoms with E-state index in [1.54, 1.807) is 12.3 Å². The Kier molecular flexibility index (Phi) is 2.02. The van der Waals surface area contributed by atoms with Crippen molar-refractivity contribution in [3.63, 3.8) is 0 Å². The normalized spacial score (nSPS) is 8.90. The molecular formula is C7H9N3. The zero-order valence-corrected chi connectivity index (χ0v) is 5.54. The number of pyridine rings is 1. The average molecular weight is 135 g/mol. The van der Waals surface area contributed by atoms with Crippen LogP contribution in [0.25, 0.3) is 6.08 Å². The lowest BCUT2D eigenvalue weighted by atomic mass is 10.2. The van der Waals surface area contributed by atoms with E-state index in [9.17, 15) is 0 Å². The Labute approximate surface area is 59.6 Å². The van der Waals surface area contributed by atoms with Crippen molar-refractivity contribution in [2.24, 2.45) is 5.84 Å². The van der Waals surface area contributed by atoms with E-state index in [0.717, 1.165) is 5.56 Å². The van der Waals surface area contributed by atoms with E-state index in [1.807, 2.05) is 12.1 Å². The highest BCUT2D eigenvalue weighted by atomic mass is 15.2. The van der Waals surface area contributed by atoms with Crippen molar-refractivity contribution in [1.29, 1.82) is 0 Å². The van der Waals surface area contributed by atoms with Crippen molar-refractivity contribution in [2.45, 2.75) is 0 Å². The first-order valence-electron chi connectivity index (χ1n) is 2.92. The van der Waals surface area contributed by atoms with E-state index >= 15 is 0 Å². The van der Waals surface area contributed by atoms with Gasteiger partial charge in [-0.15, -0.1) is 0 Å². The van der Waals surface area contributed by atoms with Gasteiger partial charge in [-0.25, -0.2) is 10.8 Å². The molecule has 0 unspecified atom stereocenters. The van der Waals surface area contributed by atoms with Crippen molar-refractivity contribution in [2.75, 3.05) is 5.43 Å². The summed E-state index contributed by atoms with van der Waals surface area (Å²) >= 11 is 0. The molecule has 0 amide bonds. The summed E-state index contributed by atoms with van der Waals surface area (Å²) in [6.07, 6.45) is 3.37. The molecule has 52 valence electrons. The van der Waals surface area contributed by atoms with Crippen LogP contribution in [-0.4, -0.2) is 4.98 Å². The lowest BCUT2D eigenvalue weighted by Crippen LogP contribution is -2.09. The van der Waals surface area contributed by atoms with E-state index in [2.05, 4.69) is 17.0 Å². The zero-order chi connectivity index (χ0) is 7.40. The van der Waals surface area contributed by atoms with Crippen molar-refractivity contribution in [3.05, 3.63) is 30.5 Å². The minimum absolute atomic E-state index is 0.650. The van der Waals surface area contributed by atoms with Crippen LogP contribution in [0.3, 0.4) is 0 Å². The molecule has 10 heavy (non-hydrogen) atoms. The maximum atomic E-state index is 5.17. The van der Waals surface area contributed by atoms with Crippen LogP contribution in [0.5, 0.6) is 0 Å². The first kappa shape index (κ1) is 6.77. The van der Waals surface area contributed by atoms with Crippen molar-refractivity contribution in [1.82, 2.24) is 4.98 Å². The maximum absolute atomic E-state index is 5.17. The summed E-state index contributed by atoms with van der Waals surface area (Å²) in [7, 11) is 0. The molecule has 1 rings (SSSR count). The molecule has 0 spiro atoms. The van der Waals surface area contributed by atoms with Gasteiger partial charge in [-0.3, -0.25) is 0 Å². The first-order chi connectivity index (χ1) is 4.88. The first-order valence-corrected chi connectivity index (χ1v) is 2.92. The van der Waals surface area contributed by atoms with Crippen LogP contribution in [0.15, 0.2) is 24.9 Å². The van der Waals surface area contributed by atoms with Gasteiger partial charge in [0, 0.05) is 11.8 Å². The summed E-state index contributed by atoms with van der Waals surface area (Å²) in [4.78, 5) is 3.96. The van der Waals surface area contributed by atoms with Gasteiger partial charge in [0.1, 0.15) is 5.82 Å². The molecule has 0 aliphatic carbocycles. The number of rotatable bonds is 2. The minimum atomic E-state index is 0.650. The van der Waals surface area contributed by atoms with E-state index in [-0.39, 0.29) is 0 Å². The van der Waals surface area contributed by atoms with Crippen molar-refractivity contribution in [3.8, 4) is 0 Å². The fourth-order valence-electron chi connectivity index (χ4n) is 0.703. The molecule has 0 saturated heterocycles. The number of nitrogens with one attached hydrogen (secondary N) is 1. The van der Waals surface area contributed by atoms with Gasteiger partial charge in [0.15, 0.2) is 0 Å².